The number of likely N-dealkylation sites (N-methyl/N-ethyl adjacent to an activating group) is 2. The lowest BCUT2D eigenvalue weighted by Crippen LogP contribution is -2.48. The molecule has 2 unspecified atom stereocenters. The average molecular weight is 265 g/mol. The number of nitrogens with one attached hydrogen (secondary N) is 1. The van der Waals surface area contributed by atoms with Crippen molar-refractivity contribution < 1.29 is 9.47 Å². The second-order valence-electron chi connectivity index (χ2n) is 4.65. The van der Waals surface area contributed by atoms with Gasteiger partial charge in [-0.2, -0.15) is 0 Å². The van der Waals surface area contributed by atoms with Crippen LogP contribution < -0.4 is 10.1 Å². The van der Waals surface area contributed by atoms with E-state index in [2.05, 4.69) is 22.1 Å². The van der Waals surface area contributed by atoms with E-state index in [9.17, 15) is 0 Å². The Bertz CT molecular complexity index is 398. The number of aromatic nitrogens is 1. The third-order valence-corrected chi connectivity index (χ3v) is 3.52. The van der Waals surface area contributed by atoms with Gasteiger partial charge in [-0.05, 0) is 19.7 Å². The summed E-state index contributed by atoms with van der Waals surface area (Å²) >= 11 is 0. The molecule has 106 valence electrons. The Morgan fingerprint density at radius 2 is 2.37 bits per heavy atom. The molecule has 0 radical (unpaired) electrons. The molecule has 19 heavy (non-hydrogen) atoms. The van der Waals surface area contributed by atoms with Crippen LogP contribution in [0.2, 0.25) is 0 Å². The summed E-state index contributed by atoms with van der Waals surface area (Å²) in [5.74, 6) is 0.655. The van der Waals surface area contributed by atoms with Crippen LogP contribution in [0.1, 0.15) is 18.7 Å². The second kappa shape index (κ2) is 6.84. The van der Waals surface area contributed by atoms with Crippen LogP contribution in [0.4, 0.5) is 0 Å². The Morgan fingerprint density at radius 3 is 3.05 bits per heavy atom. The van der Waals surface area contributed by atoms with Crippen molar-refractivity contribution in [2.24, 2.45) is 0 Å². The summed E-state index contributed by atoms with van der Waals surface area (Å²) in [6.45, 7) is 5.71. The van der Waals surface area contributed by atoms with Crippen LogP contribution in [-0.2, 0) is 4.74 Å². The summed E-state index contributed by atoms with van der Waals surface area (Å²) in [6.07, 6.45) is 0.123. The van der Waals surface area contributed by atoms with Gasteiger partial charge in [0.2, 0.25) is 5.88 Å². The highest BCUT2D eigenvalue weighted by Gasteiger charge is 2.33. The number of methoxy groups -OCH3 is 1. The minimum atomic E-state index is 0.123. The van der Waals surface area contributed by atoms with E-state index < -0.39 is 0 Å². The standard InChI is InChI=1S/C14H23N3O2/c1-4-17-8-9-19-12(10-15-2)14(17)11-6-5-7-13(16-11)18-3/h5-7,12,14-15H,4,8-10H2,1-3H3. The summed E-state index contributed by atoms with van der Waals surface area (Å²) in [6, 6.07) is 6.09. The molecule has 1 aromatic heterocycles. The molecule has 1 aromatic rings. The monoisotopic (exact) mass is 265 g/mol. The largest absolute Gasteiger partial charge is 0.481 e. The fourth-order valence-corrected chi connectivity index (χ4v) is 2.60. The molecular weight excluding hydrogens is 242 g/mol. The molecule has 0 amide bonds. The maximum absolute atomic E-state index is 5.91. The van der Waals surface area contributed by atoms with Crippen molar-refractivity contribution in [1.82, 2.24) is 15.2 Å². The van der Waals surface area contributed by atoms with Crippen LogP contribution in [0.3, 0.4) is 0 Å². The molecule has 1 aliphatic rings. The maximum atomic E-state index is 5.91. The Kier molecular flexibility index (Phi) is 5.13. The van der Waals surface area contributed by atoms with E-state index in [0.29, 0.717) is 5.88 Å². The molecule has 0 bridgehead atoms. The molecule has 1 N–H and O–H groups in total. The highest BCUT2D eigenvalue weighted by atomic mass is 16.5. The fraction of sp³-hybridized carbons (Fsp3) is 0.643. The molecule has 1 fully saturated rings. The summed E-state index contributed by atoms with van der Waals surface area (Å²) in [5, 5.41) is 3.20. The van der Waals surface area contributed by atoms with Gasteiger partial charge in [0.15, 0.2) is 0 Å². The second-order valence-corrected chi connectivity index (χ2v) is 4.65. The third kappa shape index (κ3) is 3.23. The van der Waals surface area contributed by atoms with Crippen LogP contribution in [0.5, 0.6) is 5.88 Å². The van der Waals surface area contributed by atoms with Crippen molar-refractivity contribution in [3.8, 4) is 5.88 Å². The van der Waals surface area contributed by atoms with Gasteiger partial charge in [-0.15, -0.1) is 0 Å². The first kappa shape index (κ1) is 14.2. The van der Waals surface area contributed by atoms with E-state index >= 15 is 0 Å². The number of hydrogen-bond donors (Lipinski definition) is 1. The molecule has 2 atom stereocenters. The van der Waals surface area contributed by atoms with Gasteiger partial charge in [-0.25, -0.2) is 4.98 Å². The lowest BCUT2D eigenvalue weighted by molar-refractivity contribution is -0.0701. The first-order valence-electron chi connectivity index (χ1n) is 6.81. The smallest absolute Gasteiger partial charge is 0.213 e. The lowest BCUT2D eigenvalue weighted by Gasteiger charge is -2.40. The number of ether oxygens (including phenoxy) is 2. The average Bonchev–Trinajstić information content (AvgIpc) is 2.47. The van der Waals surface area contributed by atoms with Crippen molar-refractivity contribution in [3.63, 3.8) is 0 Å². The van der Waals surface area contributed by atoms with Gasteiger partial charge in [-0.1, -0.05) is 13.0 Å². The van der Waals surface area contributed by atoms with E-state index in [0.717, 1.165) is 31.9 Å². The lowest BCUT2D eigenvalue weighted by atomic mass is 10.0. The highest BCUT2D eigenvalue weighted by Crippen LogP contribution is 2.28. The van der Waals surface area contributed by atoms with Crippen molar-refractivity contribution in [2.75, 3.05) is 40.4 Å². The maximum Gasteiger partial charge on any atom is 0.213 e. The Labute approximate surface area is 114 Å². The molecule has 1 aliphatic heterocycles. The van der Waals surface area contributed by atoms with Crippen LogP contribution in [0.25, 0.3) is 0 Å². The van der Waals surface area contributed by atoms with Crippen LogP contribution >= 0.6 is 0 Å². The quantitative estimate of drug-likeness (QED) is 0.863. The van der Waals surface area contributed by atoms with Gasteiger partial charge in [0, 0.05) is 19.2 Å². The molecule has 0 aliphatic carbocycles. The van der Waals surface area contributed by atoms with Crippen LogP contribution in [0.15, 0.2) is 18.2 Å². The molecule has 0 saturated carbocycles. The molecule has 0 aromatic carbocycles. The van der Waals surface area contributed by atoms with Crippen molar-refractivity contribution >= 4 is 0 Å². The number of pyridine rings is 1. The van der Waals surface area contributed by atoms with E-state index in [1.807, 2.05) is 25.2 Å². The summed E-state index contributed by atoms with van der Waals surface area (Å²) in [4.78, 5) is 6.98. The predicted octanol–water partition coefficient (Wildman–Crippen LogP) is 1.07. The predicted molar refractivity (Wildman–Crippen MR) is 74.4 cm³/mol. The van der Waals surface area contributed by atoms with Gasteiger partial charge < -0.3 is 14.8 Å². The molecule has 2 rings (SSSR count). The van der Waals surface area contributed by atoms with Crippen LogP contribution in [-0.4, -0.2) is 56.4 Å². The van der Waals surface area contributed by atoms with Crippen molar-refractivity contribution in [1.29, 1.82) is 0 Å². The minimum absolute atomic E-state index is 0.123. The molecular formula is C14H23N3O2. The summed E-state index contributed by atoms with van der Waals surface area (Å²) in [5.41, 5.74) is 1.01. The van der Waals surface area contributed by atoms with Gasteiger partial charge in [0.05, 0.1) is 31.6 Å². The Balaban J connectivity index is 2.27. The van der Waals surface area contributed by atoms with Gasteiger partial charge in [0.25, 0.3) is 0 Å². The normalized spacial score (nSPS) is 24.4. The first-order valence-corrected chi connectivity index (χ1v) is 6.81. The molecule has 5 nitrogen and oxygen atoms in total. The topological polar surface area (TPSA) is 46.6 Å². The van der Waals surface area contributed by atoms with E-state index in [4.69, 9.17) is 9.47 Å². The van der Waals surface area contributed by atoms with Crippen molar-refractivity contribution in [3.05, 3.63) is 23.9 Å². The van der Waals surface area contributed by atoms with Crippen LogP contribution in [0, 0.1) is 0 Å². The van der Waals surface area contributed by atoms with Gasteiger partial charge in [-0.3, -0.25) is 4.90 Å². The van der Waals surface area contributed by atoms with E-state index in [-0.39, 0.29) is 12.1 Å². The zero-order valence-corrected chi connectivity index (χ0v) is 11.9. The number of hydrogen-bond acceptors (Lipinski definition) is 5. The van der Waals surface area contributed by atoms with E-state index in [1.54, 1.807) is 7.11 Å². The summed E-state index contributed by atoms with van der Waals surface area (Å²) in [7, 11) is 3.59. The summed E-state index contributed by atoms with van der Waals surface area (Å²) < 4.78 is 11.1. The van der Waals surface area contributed by atoms with E-state index in [1.165, 1.54) is 0 Å². The number of rotatable bonds is 5. The Hall–Kier alpha value is -1.17. The molecule has 0 spiro atoms. The number of nitrogens with zero attached hydrogens (tertiary/aromatic N) is 2. The minimum Gasteiger partial charge on any atom is -0.481 e. The Morgan fingerprint density at radius 1 is 1.53 bits per heavy atom. The fourth-order valence-electron chi connectivity index (χ4n) is 2.60. The van der Waals surface area contributed by atoms with Gasteiger partial charge in [0.1, 0.15) is 0 Å². The highest BCUT2D eigenvalue weighted by molar-refractivity contribution is 5.20. The molecule has 1 saturated heterocycles. The molecule has 5 heteroatoms. The zero-order valence-electron chi connectivity index (χ0n) is 11.9. The van der Waals surface area contributed by atoms with Gasteiger partial charge >= 0.3 is 0 Å². The van der Waals surface area contributed by atoms with Crippen molar-refractivity contribution in [2.45, 2.75) is 19.1 Å². The zero-order chi connectivity index (χ0) is 13.7. The first-order chi connectivity index (χ1) is 9.30. The SMILES string of the molecule is CCN1CCOC(CNC)C1c1cccc(OC)n1. The number of morpholine rings is 1. The third-order valence-electron chi connectivity index (χ3n) is 3.52. The molecule has 2 heterocycles.